The first-order chi connectivity index (χ1) is 14.8. The fourth-order valence-corrected chi connectivity index (χ4v) is 6.13. The van der Waals surface area contributed by atoms with Crippen LogP contribution in [0.2, 0.25) is 0 Å². The fourth-order valence-electron chi connectivity index (χ4n) is 3.90. The third kappa shape index (κ3) is 4.33. The summed E-state index contributed by atoms with van der Waals surface area (Å²) in [6, 6.07) is 11.6. The van der Waals surface area contributed by atoms with Gasteiger partial charge in [0.2, 0.25) is 10.0 Å². The van der Waals surface area contributed by atoms with Gasteiger partial charge < -0.3 is 9.64 Å². The number of piperazine rings is 1. The predicted molar refractivity (Wildman–Crippen MR) is 126 cm³/mol. The molecule has 0 unspecified atom stereocenters. The third-order valence-electron chi connectivity index (χ3n) is 5.64. The number of rotatable bonds is 5. The van der Waals surface area contributed by atoms with Gasteiger partial charge in [0.25, 0.3) is 0 Å². The third-order valence-corrected chi connectivity index (χ3v) is 8.33. The number of sulfonamides is 1. The number of hydrogen-bond acceptors (Lipinski definition) is 6. The van der Waals surface area contributed by atoms with Gasteiger partial charge in [-0.1, -0.05) is 12.1 Å². The molecule has 1 aliphatic rings. The molecule has 0 atom stereocenters. The monoisotopic (exact) mass is 457 g/mol. The minimum atomic E-state index is -3.70. The number of thiazole rings is 1. The summed E-state index contributed by atoms with van der Waals surface area (Å²) in [6.07, 6.45) is 0. The van der Waals surface area contributed by atoms with Crippen molar-refractivity contribution in [3.63, 3.8) is 0 Å². The Hall–Kier alpha value is -2.42. The Balaban J connectivity index is 1.60. The second-order valence-corrected chi connectivity index (χ2v) is 10.8. The Morgan fingerprint density at radius 3 is 2.39 bits per heavy atom. The maximum atomic E-state index is 13.5. The second kappa shape index (κ2) is 8.61. The minimum Gasteiger partial charge on any atom is -0.495 e. The Kier molecular flexibility index (Phi) is 6.05. The average molecular weight is 458 g/mol. The van der Waals surface area contributed by atoms with Gasteiger partial charge in [-0.2, -0.15) is 4.31 Å². The molecule has 0 amide bonds. The van der Waals surface area contributed by atoms with Gasteiger partial charge in [-0.3, -0.25) is 0 Å². The Labute approximate surface area is 188 Å². The van der Waals surface area contributed by atoms with Crippen molar-refractivity contribution in [1.29, 1.82) is 0 Å². The van der Waals surface area contributed by atoms with E-state index in [0.29, 0.717) is 31.9 Å². The van der Waals surface area contributed by atoms with Gasteiger partial charge in [0, 0.05) is 42.8 Å². The van der Waals surface area contributed by atoms with Gasteiger partial charge in [0.15, 0.2) is 0 Å². The highest BCUT2D eigenvalue weighted by Gasteiger charge is 2.31. The summed E-state index contributed by atoms with van der Waals surface area (Å²) in [4.78, 5) is 6.95. The zero-order valence-electron chi connectivity index (χ0n) is 18.3. The maximum absolute atomic E-state index is 13.5. The van der Waals surface area contributed by atoms with Crippen molar-refractivity contribution in [2.45, 2.75) is 25.7 Å². The first-order valence-electron chi connectivity index (χ1n) is 10.2. The molecule has 0 radical (unpaired) electrons. The molecular weight excluding hydrogens is 430 g/mol. The SMILES string of the molecule is COc1ccc(-c2csc(C)n2)cc1S(=O)(=O)N1CCN(c2cc(C)ccc2C)CC1. The molecule has 4 rings (SSSR count). The molecule has 8 heteroatoms. The largest absolute Gasteiger partial charge is 0.495 e. The summed E-state index contributed by atoms with van der Waals surface area (Å²) in [7, 11) is -2.20. The highest BCUT2D eigenvalue weighted by Crippen LogP contribution is 2.33. The molecule has 31 heavy (non-hydrogen) atoms. The molecule has 0 spiro atoms. The van der Waals surface area contributed by atoms with Gasteiger partial charge in [0.05, 0.1) is 17.8 Å². The molecule has 2 aromatic carbocycles. The molecule has 2 heterocycles. The van der Waals surface area contributed by atoms with Crippen molar-refractivity contribution in [3.05, 3.63) is 57.9 Å². The summed E-state index contributed by atoms with van der Waals surface area (Å²) in [6.45, 7) is 8.26. The molecular formula is C23H27N3O3S2. The van der Waals surface area contributed by atoms with Crippen LogP contribution in [0.1, 0.15) is 16.1 Å². The molecule has 0 aliphatic carbocycles. The molecule has 6 nitrogen and oxygen atoms in total. The van der Waals surface area contributed by atoms with E-state index in [-0.39, 0.29) is 4.90 Å². The van der Waals surface area contributed by atoms with Crippen LogP contribution in [0.15, 0.2) is 46.7 Å². The number of aromatic nitrogens is 1. The second-order valence-electron chi connectivity index (χ2n) is 7.80. The zero-order valence-corrected chi connectivity index (χ0v) is 19.9. The van der Waals surface area contributed by atoms with E-state index in [2.05, 4.69) is 41.9 Å². The van der Waals surface area contributed by atoms with Gasteiger partial charge in [-0.05, 0) is 56.2 Å². The van der Waals surface area contributed by atoms with E-state index in [4.69, 9.17) is 4.74 Å². The molecule has 0 bridgehead atoms. The lowest BCUT2D eigenvalue weighted by molar-refractivity contribution is 0.374. The predicted octanol–water partition coefficient (Wildman–Crippen LogP) is 4.25. The van der Waals surface area contributed by atoms with Gasteiger partial charge in [0.1, 0.15) is 10.6 Å². The topological polar surface area (TPSA) is 62.7 Å². The van der Waals surface area contributed by atoms with E-state index in [9.17, 15) is 8.42 Å². The number of nitrogens with zero attached hydrogens (tertiary/aromatic N) is 3. The lowest BCUT2D eigenvalue weighted by Gasteiger charge is -2.36. The van der Waals surface area contributed by atoms with Crippen LogP contribution in [0, 0.1) is 20.8 Å². The Morgan fingerprint density at radius 1 is 1.00 bits per heavy atom. The lowest BCUT2D eigenvalue weighted by atomic mass is 10.1. The van der Waals surface area contributed by atoms with Crippen LogP contribution in [0.3, 0.4) is 0 Å². The summed E-state index contributed by atoms with van der Waals surface area (Å²) >= 11 is 1.54. The van der Waals surface area contributed by atoms with E-state index >= 15 is 0 Å². The number of hydrogen-bond donors (Lipinski definition) is 0. The zero-order chi connectivity index (χ0) is 22.2. The average Bonchev–Trinajstić information content (AvgIpc) is 3.21. The van der Waals surface area contributed by atoms with E-state index in [1.807, 2.05) is 18.4 Å². The number of aryl methyl sites for hydroxylation is 3. The molecule has 3 aromatic rings. The summed E-state index contributed by atoms with van der Waals surface area (Å²) < 4.78 is 34.0. The molecule has 1 aromatic heterocycles. The first-order valence-corrected chi connectivity index (χ1v) is 12.5. The first kappa shape index (κ1) is 21.8. The van der Waals surface area contributed by atoms with Gasteiger partial charge in [-0.15, -0.1) is 11.3 Å². The normalized spacial score (nSPS) is 15.3. The van der Waals surface area contributed by atoms with Crippen LogP contribution in [0.5, 0.6) is 5.75 Å². The number of anilines is 1. The maximum Gasteiger partial charge on any atom is 0.246 e. The van der Waals surface area contributed by atoms with Crippen molar-refractivity contribution in [2.24, 2.45) is 0 Å². The number of benzene rings is 2. The standard InChI is InChI=1S/C23H27N3O3S2/c1-16-5-6-17(2)21(13-16)25-9-11-26(12-10-25)31(27,28)23-14-19(7-8-22(23)29-4)20-15-30-18(3)24-20/h5-8,13-15H,9-12H2,1-4H3. The molecule has 0 N–H and O–H groups in total. The quantitative estimate of drug-likeness (QED) is 0.573. The van der Waals surface area contributed by atoms with Crippen molar-refractivity contribution in [1.82, 2.24) is 9.29 Å². The van der Waals surface area contributed by atoms with Crippen molar-refractivity contribution in [3.8, 4) is 17.0 Å². The van der Waals surface area contributed by atoms with Gasteiger partial charge in [-0.25, -0.2) is 13.4 Å². The van der Waals surface area contributed by atoms with Crippen LogP contribution >= 0.6 is 11.3 Å². The molecule has 1 aliphatic heterocycles. The molecule has 164 valence electrons. The van der Waals surface area contributed by atoms with Crippen molar-refractivity contribution >= 4 is 27.0 Å². The van der Waals surface area contributed by atoms with E-state index in [1.165, 1.54) is 23.9 Å². The van der Waals surface area contributed by atoms with E-state index in [1.54, 1.807) is 27.8 Å². The minimum absolute atomic E-state index is 0.193. The Bertz CT molecular complexity index is 1200. The molecule has 0 saturated carbocycles. The summed E-state index contributed by atoms with van der Waals surface area (Å²) in [5.41, 5.74) is 5.14. The van der Waals surface area contributed by atoms with Crippen LogP contribution in [-0.4, -0.2) is 51.0 Å². The molecule has 1 saturated heterocycles. The van der Waals surface area contributed by atoms with E-state index < -0.39 is 10.0 Å². The Morgan fingerprint density at radius 2 is 1.74 bits per heavy atom. The van der Waals surface area contributed by atoms with Crippen LogP contribution in [-0.2, 0) is 10.0 Å². The summed E-state index contributed by atoms with van der Waals surface area (Å²) in [5, 5.41) is 2.88. The van der Waals surface area contributed by atoms with E-state index in [0.717, 1.165) is 16.3 Å². The fraction of sp³-hybridized carbons (Fsp3) is 0.348. The van der Waals surface area contributed by atoms with Gasteiger partial charge >= 0.3 is 0 Å². The van der Waals surface area contributed by atoms with Crippen molar-refractivity contribution < 1.29 is 13.2 Å². The molecule has 1 fully saturated rings. The number of ether oxygens (including phenoxy) is 1. The lowest BCUT2D eigenvalue weighted by Crippen LogP contribution is -2.48. The van der Waals surface area contributed by atoms with Crippen LogP contribution < -0.4 is 9.64 Å². The number of methoxy groups -OCH3 is 1. The van der Waals surface area contributed by atoms with Crippen LogP contribution in [0.25, 0.3) is 11.3 Å². The highest BCUT2D eigenvalue weighted by atomic mass is 32.2. The van der Waals surface area contributed by atoms with Crippen LogP contribution in [0.4, 0.5) is 5.69 Å². The highest BCUT2D eigenvalue weighted by molar-refractivity contribution is 7.89. The smallest absolute Gasteiger partial charge is 0.246 e. The summed E-state index contributed by atoms with van der Waals surface area (Å²) in [5.74, 6) is 0.354. The van der Waals surface area contributed by atoms with Crippen molar-refractivity contribution in [2.75, 3.05) is 38.2 Å².